The SMILES string of the molecule is CC[C@H](C)C[C@H](C)/C=C(\C)[C@@H](OC1O[C@H](CO)[C@@H](O)[C@H](O)[C@@H]1O)[C@@H](C)/C=C(\C)[C@@H](O)[C@@H](C)/C=C(\C)[C@@H](O)[C@@H](C)/C=C(\C)C(=O)OC[C@@H](O)[C@H](O)[C@H](O)CO. The third kappa shape index (κ3) is 15.1. The van der Waals surface area contributed by atoms with Crippen molar-refractivity contribution in [3.8, 4) is 0 Å². The normalized spacial score (nSPS) is 28.3. The first-order valence-corrected chi connectivity index (χ1v) is 19.0. The molecule has 14 heteroatoms. The van der Waals surface area contributed by atoms with E-state index in [1.54, 1.807) is 33.8 Å². The van der Waals surface area contributed by atoms with Crippen LogP contribution >= 0.6 is 0 Å². The molecular formula is C40H70O14. The second-order valence-electron chi connectivity index (χ2n) is 15.4. The minimum atomic E-state index is -1.71. The summed E-state index contributed by atoms with van der Waals surface area (Å²) in [5, 5.41) is 102. The van der Waals surface area contributed by atoms with Gasteiger partial charge >= 0.3 is 5.97 Å². The first-order valence-electron chi connectivity index (χ1n) is 19.0. The van der Waals surface area contributed by atoms with E-state index in [4.69, 9.17) is 19.3 Å². The molecule has 1 rings (SSSR count). The highest BCUT2D eigenvalue weighted by Crippen LogP contribution is 2.30. The Morgan fingerprint density at radius 2 is 1.26 bits per heavy atom. The predicted molar refractivity (Wildman–Crippen MR) is 202 cm³/mol. The standard InChI is InChI=1S/C40H70O14/c1-11-20(2)12-21(3)13-26(8)38(54-40-37(50)36(49)35(48)31(18-42)53-40)27(9)15-24(6)32(45)22(4)14-23(5)33(46)25(7)16-28(10)39(51)52-19-30(44)34(47)29(43)17-41/h13-16,20-22,25,27,29-38,40-50H,11-12,17-19H2,1-10H3/b23-14+,24-15+,26-13+,28-16+/t20-,21-,22-,25-,27-,29+,30+,31+,32-,33+,34+,35+,36-,37-,38+,40?/m0/s1. The van der Waals surface area contributed by atoms with E-state index in [-0.39, 0.29) is 17.4 Å². The van der Waals surface area contributed by atoms with Gasteiger partial charge in [0.2, 0.25) is 0 Å². The number of aliphatic hydroxyl groups is 10. The van der Waals surface area contributed by atoms with Gasteiger partial charge in [0.15, 0.2) is 6.29 Å². The molecule has 1 aliphatic rings. The van der Waals surface area contributed by atoms with Crippen LogP contribution in [0.4, 0.5) is 0 Å². The van der Waals surface area contributed by atoms with E-state index in [9.17, 15) is 50.8 Å². The Bertz CT molecular complexity index is 1250. The van der Waals surface area contributed by atoms with Crippen molar-refractivity contribution < 1.29 is 70.1 Å². The molecule has 0 amide bonds. The zero-order valence-electron chi connectivity index (χ0n) is 33.7. The summed E-state index contributed by atoms with van der Waals surface area (Å²) in [6.45, 7) is 16.7. The van der Waals surface area contributed by atoms with Gasteiger partial charge in [-0.1, -0.05) is 72.3 Å². The lowest BCUT2D eigenvalue weighted by Crippen LogP contribution is -2.60. The number of allylic oxidation sites excluding steroid dienone is 1. The van der Waals surface area contributed by atoms with Crippen molar-refractivity contribution in [1.82, 2.24) is 0 Å². The van der Waals surface area contributed by atoms with Gasteiger partial charge in [0.25, 0.3) is 0 Å². The summed E-state index contributed by atoms with van der Waals surface area (Å²) in [6, 6.07) is 0. The van der Waals surface area contributed by atoms with E-state index >= 15 is 0 Å². The molecule has 0 bridgehead atoms. The Labute approximate surface area is 321 Å². The number of carbonyl (C=O) groups excluding carboxylic acids is 1. The lowest BCUT2D eigenvalue weighted by atomic mass is 9.87. The molecule has 54 heavy (non-hydrogen) atoms. The van der Waals surface area contributed by atoms with Gasteiger partial charge in [-0.05, 0) is 62.7 Å². The van der Waals surface area contributed by atoms with Crippen LogP contribution in [0.5, 0.6) is 0 Å². The third-order valence-electron chi connectivity index (χ3n) is 10.3. The lowest BCUT2D eigenvalue weighted by Gasteiger charge is -2.41. The molecule has 0 aromatic heterocycles. The van der Waals surface area contributed by atoms with Gasteiger partial charge in [0, 0.05) is 23.3 Å². The van der Waals surface area contributed by atoms with Crippen molar-refractivity contribution in [1.29, 1.82) is 0 Å². The molecule has 1 heterocycles. The average molecular weight is 775 g/mol. The summed E-state index contributed by atoms with van der Waals surface area (Å²) in [7, 11) is 0. The van der Waals surface area contributed by atoms with Crippen LogP contribution in [0.1, 0.15) is 82.1 Å². The van der Waals surface area contributed by atoms with Crippen LogP contribution in [0.3, 0.4) is 0 Å². The highest BCUT2D eigenvalue weighted by atomic mass is 16.7. The average Bonchev–Trinajstić information content (AvgIpc) is 3.13. The molecule has 1 unspecified atom stereocenters. The number of hydrogen-bond donors (Lipinski definition) is 10. The fraction of sp³-hybridized carbons (Fsp3) is 0.775. The summed E-state index contributed by atoms with van der Waals surface area (Å²) in [5.74, 6) is -1.49. The smallest absolute Gasteiger partial charge is 0.333 e. The largest absolute Gasteiger partial charge is 0.459 e. The fourth-order valence-electron chi connectivity index (χ4n) is 6.71. The second-order valence-corrected chi connectivity index (χ2v) is 15.4. The number of carbonyl (C=O) groups is 1. The summed E-state index contributed by atoms with van der Waals surface area (Å²) < 4.78 is 17.0. The van der Waals surface area contributed by atoms with Crippen molar-refractivity contribution in [2.75, 3.05) is 19.8 Å². The Morgan fingerprint density at radius 3 is 1.78 bits per heavy atom. The van der Waals surface area contributed by atoms with Crippen LogP contribution in [0.15, 0.2) is 46.6 Å². The van der Waals surface area contributed by atoms with Gasteiger partial charge in [-0.25, -0.2) is 4.79 Å². The van der Waals surface area contributed by atoms with Crippen LogP contribution in [0.2, 0.25) is 0 Å². The maximum atomic E-state index is 12.5. The molecule has 0 aliphatic carbocycles. The maximum Gasteiger partial charge on any atom is 0.333 e. The van der Waals surface area contributed by atoms with Crippen molar-refractivity contribution >= 4 is 5.97 Å². The molecule has 10 N–H and O–H groups in total. The molecule has 1 saturated heterocycles. The zero-order valence-corrected chi connectivity index (χ0v) is 33.7. The quantitative estimate of drug-likeness (QED) is 0.0423. The Kier molecular flexibility index (Phi) is 22.1. The lowest BCUT2D eigenvalue weighted by molar-refractivity contribution is -0.310. The van der Waals surface area contributed by atoms with E-state index in [1.165, 1.54) is 13.0 Å². The number of aliphatic hydroxyl groups excluding tert-OH is 10. The van der Waals surface area contributed by atoms with Gasteiger partial charge in [-0.2, -0.15) is 0 Å². The number of rotatable bonds is 22. The number of hydrogen-bond acceptors (Lipinski definition) is 14. The summed E-state index contributed by atoms with van der Waals surface area (Å²) in [6.07, 6.45) is -5.61. The van der Waals surface area contributed by atoms with E-state index < -0.39 is 105 Å². The zero-order chi connectivity index (χ0) is 41.6. The first kappa shape index (κ1) is 50.0. The van der Waals surface area contributed by atoms with Gasteiger partial charge in [-0.15, -0.1) is 0 Å². The topological polar surface area (TPSA) is 247 Å². The Balaban J connectivity index is 3.18. The molecule has 0 aromatic rings. The minimum Gasteiger partial charge on any atom is -0.459 e. The Morgan fingerprint density at radius 1 is 0.722 bits per heavy atom. The van der Waals surface area contributed by atoms with Crippen LogP contribution in [0.25, 0.3) is 0 Å². The molecule has 0 spiro atoms. The first-order chi connectivity index (χ1) is 25.1. The molecule has 1 aliphatic heterocycles. The third-order valence-corrected chi connectivity index (χ3v) is 10.3. The molecule has 314 valence electrons. The van der Waals surface area contributed by atoms with Crippen LogP contribution < -0.4 is 0 Å². The molecule has 16 atom stereocenters. The van der Waals surface area contributed by atoms with Crippen molar-refractivity contribution in [2.45, 2.75) is 149 Å². The minimum absolute atomic E-state index is 0.138. The van der Waals surface area contributed by atoms with Crippen LogP contribution in [0, 0.1) is 29.6 Å². The number of esters is 1. The second kappa shape index (κ2) is 23.9. The maximum absolute atomic E-state index is 12.5. The molecule has 0 aromatic carbocycles. The summed E-state index contributed by atoms with van der Waals surface area (Å²) in [4.78, 5) is 12.5. The van der Waals surface area contributed by atoms with E-state index in [0.717, 1.165) is 18.4 Å². The summed E-state index contributed by atoms with van der Waals surface area (Å²) in [5.41, 5.74) is 2.14. The fourth-order valence-corrected chi connectivity index (χ4v) is 6.71. The van der Waals surface area contributed by atoms with Gasteiger partial charge < -0.3 is 65.3 Å². The molecular weight excluding hydrogens is 704 g/mol. The highest BCUT2D eigenvalue weighted by Gasteiger charge is 2.45. The van der Waals surface area contributed by atoms with E-state index in [2.05, 4.69) is 26.8 Å². The molecule has 14 nitrogen and oxygen atoms in total. The van der Waals surface area contributed by atoms with Crippen molar-refractivity contribution in [3.05, 3.63) is 46.6 Å². The van der Waals surface area contributed by atoms with Gasteiger partial charge in [0.05, 0.1) is 31.5 Å². The van der Waals surface area contributed by atoms with Gasteiger partial charge in [0.1, 0.15) is 49.3 Å². The van der Waals surface area contributed by atoms with Gasteiger partial charge in [-0.3, -0.25) is 0 Å². The van der Waals surface area contributed by atoms with Crippen molar-refractivity contribution in [2.24, 2.45) is 29.6 Å². The monoisotopic (exact) mass is 774 g/mol. The Hall–Kier alpha value is -2.05. The van der Waals surface area contributed by atoms with E-state index in [0.29, 0.717) is 17.1 Å². The molecule has 0 saturated carbocycles. The van der Waals surface area contributed by atoms with E-state index in [1.807, 2.05) is 19.9 Å². The van der Waals surface area contributed by atoms with Crippen molar-refractivity contribution in [3.63, 3.8) is 0 Å². The summed E-state index contributed by atoms with van der Waals surface area (Å²) >= 11 is 0. The van der Waals surface area contributed by atoms with Crippen LogP contribution in [-0.2, 0) is 19.0 Å². The van der Waals surface area contributed by atoms with Crippen LogP contribution in [-0.4, -0.2) is 144 Å². The number of ether oxygens (including phenoxy) is 3. The highest BCUT2D eigenvalue weighted by molar-refractivity contribution is 5.87. The molecule has 0 radical (unpaired) electrons. The predicted octanol–water partition coefficient (Wildman–Crippen LogP) is 1.28. The molecule has 1 fully saturated rings.